The summed E-state index contributed by atoms with van der Waals surface area (Å²) in [5, 5.41) is 11.0. The zero-order valence-electron chi connectivity index (χ0n) is 16.2. The van der Waals surface area contributed by atoms with Crippen LogP contribution in [0.1, 0.15) is 49.9 Å². The van der Waals surface area contributed by atoms with Gasteiger partial charge in [-0.05, 0) is 56.8 Å². The molecular weight excluding hydrogens is 376 g/mol. The molecular formula is C21H29ClN4O2. The fourth-order valence-electron chi connectivity index (χ4n) is 3.85. The topological polar surface area (TPSA) is 68.2 Å². The molecule has 0 bridgehead atoms. The van der Waals surface area contributed by atoms with Crippen LogP contribution in [-0.2, 0) is 24.3 Å². The van der Waals surface area contributed by atoms with Crippen LogP contribution in [0.15, 0.2) is 30.3 Å². The summed E-state index contributed by atoms with van der Waals surface area (Å²) < 4.78 is 8.08. The Morgan fingerprint density at radius 1 is 1.25 bits per heavy atom. The van der Waals surface area contributed by atoms with E-state index in [4.69, 9.17) is 4.74 Å². The molecule has 4 rings (SSSR count). The first kappa shape index (κ1) is 20.7. The Labute approximate surface area is 172 Å². The number of carbonyl (C=O) groups is 1. The maximum atomic E-state index is 12.3. The summed E-state index contributed by atoms with van der Waals surface area (Å²) in [6, 6.07) is 9.83. The Hall–Kier alpha value is -2.05. The van der Waals surface area contributed by atoms with Crippen LogP contribution in [0.3, 0.4) is 0 Å². The van der Waals surface area contributed by atoms with Crippen molar-refractivity contribution in [1.29, 1.82) is 0 Å². The van der Waals surface area contributed by atoms with Crippen molar-refractivity contribution in [2.75, 3.05) is 11.9 Å². The molecule has 2 N–H and O–H groups in total. The number of halogens is 1. The van der Waals surface area contributed by atoms with E-state index in [-0.39, 0.29) is 18.3 Å². The second kappa shape index (κ2) is 9.94. The van der Waals surface area contributed by atoms with E-state index >= 15 is 0 Å². The normalized spacial score (nSPS) is 16.7. The zero-order valence-corrected chi connectivity index (χ0v) is 17.0. The van der Waals surface area contributed by atoms with E-state index in [0.717, 1.165) is 56.0 Å². The van der Waals surface area contributed by atoms with Crippen molar-refractivity contribution in [1.82, 2.24) is 15.1 Å². The van der Waals surface area contributed by atoms with Crippen LogP contribution in [0.4, 0.5) is 5.69 Å². The highest BCUT2D eigenvalue weighted by molar-refractivity contribution is 5.91. The average molecular weight is 405 g/mol. The number of benzene rings is 1. The van der Waals surface area contributed by atoms with Crippen molar-refractivity contribution < 1.29 is 9.53 Å². The van der Waals surface area contributed by atoms with Gasteiger partial charge in [-0.3, -0.25) is 9.48 Å². The molecule has 0 unspecified atom stereocenters. The fourth-order valence-corrected chi connectivity index (χ4v) is 3.85. The maximum Gasteiger partial charge on any atom is 0.224 e. The van der Waals surface area contributed by atoms with Gasteiger partial charge in [-0.15, -0.1) is 12.4 Å². The van der Waals surface area contributed by atoms with Gasteiger partial charge >= 0.3 is 0 Å². The van der Waals surface area contributed by atoms with Crippen molar-refractivity contribution in [2.45, 2.75) is 64.1 Å². The number of nitrogens with one attached hydrogen (secondary N) is 2. The lowest BCUT2D eigenvalue weighted by atomic mass is 10.2. The standard InChI is InChI=1S/C21H28N4O2.ClH/c26-21(10-9-17-13-18-15-22-11-4-12-25(18)24-17)23-16-5-3-8-20(14-16)27-19-6-1-2-7-19;/h3,5,8,13-14,19,22H,1-2,4,6-7,9-12,15H2,(H,23,26);1H. The van der Waals surface area contributed by atoms with Gasteiger partial charge < -0.3 is 15.4 Å². The Kier molecular flexibility index (Phi) is 7.34. The highest BCUT2D eigenvalue weighted by atomic mass is 35.5. The van der Waals surface area contributed by atoms with E-state index < -0.39 is 0 Å². The number of fused-ring (bicyclic) bond motifs is 1. The summed E-state index contributed by atoms with van der Waals surface area (Å²) in [4.78, 5) is 12.3. The second-order valence-electron chi connectivity index (χ2n) is 7.48. The number of rotatable bonds is 6. The maximum absolute atomic E-state index is 12.3. The molecule has 2 heterocycles. The third-order valence-electron chi connectivity index (χ3n) is 5.27. The number of aromatic nitrogens is 2. The SMILES string of the molecule is Cl.O=C(CCc1cc2n(n1)CCCNC2)Nc1cccc(OC2CCCC2)c1. The quantitative estimate of drug-likeness (QED) is 0.770. The lowest BCUT2D eigenvalue weighted by molar-refractivity contribution is -0.116. The van der Waals surface area contributed by atoms with Crippen molar-refractivity contribution >= 4 is 24.0 Å². The molecule has 2 aliphatic rings. The van der Waals surface area contributed by atoms with Gasteiger partial charge in [0.15, 0.2) is 0 Å². The Morgan fingerprint density at radius 2 is 2.11 bits per heavy atom. The fraction of sp³-hybridized carbons (Fsp3) is 0.524. The number of carbonyl (C=O) groups excluding carboxylic acids is 1. The molecule has 28 heavy (non-hydrogen) atoms. The van der Waals surface area contributed by atoms with Crippen LogP contribution >= 0.6 is 12.4 Å². The van der Waals surface area contributed by atoms with Gasteiger partial charge in [-0.2, -0.15) is 5.10 Å². The van der Waals surface area contributed by atoms with E-state index in [2.05, 4.69) is 26.5 Å². The van der Waals surface area contributed by atoms with Gasteiger partial charge in [0.25, 0.3) is 0 Å². The molecule has 7 heteroatoms. The Bertz CT molecular complexity index is 763. The van der Waals surface area contributed by atoms with E-state index in [0.29, 0.717) is 18.9 Å². The monoisotopic (exact) mass is 404 g/mol. The van der Waals surface area contributed by atoms with Gasteiger partial charge in [-0.1, -0.05) is 6.07 Å². The molecule has 1 saturated carbocycles. The summed E-state index contributed by atoms with van der Waals surface area (Å²) in [5.41, 5.74) is 2.99. The number of aryl methyl sites for hydroxylation is 2. The summed E-state index contributed by atoms with van der Waals surface area (Å²) in [6.07, 6.45) is 7.24. The third-order valence-corrected chi connectivity index (χ3v) is 5.27. The molecule has 1 aromatic heterocycles. The van der Waals surface area contributed by atoms with Gasteiger partial charge in [-0.25, -0.2) is 0 Å². The molecule has 0 radical (unpaired) electrons. The molecule has 2 aromatic rings. The van der Waals surface area contributed by atoms with Crippen LogP contribution in [0.25, 0.3) is 0 Å². The lowest BCUT2D eigenvalue weighted by Gasteiger charge is -2.14. The molecule has 0 saturated heterocycles. The van der Waals surface area contributed by atoms with Crippen molar-refractivity contribution in [2.24, 2.45) is 0 Å². The molecule has 152 valence electrons. The van der Waals surface area contributed by atoms with Crippen molar-refractivity contribution in [3.63, 3.8) is 0 Å². The molecule has 0 atom stereocenters. The van der Waals surface area contributed by atoms with E-state index in [1.165, 1.54) is 18.5 Å². The minimum absolute atomic E-state index is 0. The largest absolute Gasteiger partial charge is 0.490 e. The molecule has 1 aromatic carbocycles. The highest BCUT2D eigenvalue weighted by Gasteiger charge is 2.17. The molecule has 1 amide bonds. The number of ether oxygens (including phenoxy) is 1. The van der Waals surface area contributed by atoms with Crippen LogP contribution in [0, 0.1) is 0 Å². The predicted molar refractivity (Wildman–Crippen MR) is 112 cm³/mol. The van der Waals surface area contributed by atoms with Crippen molar-refractivity contribution in [3.05, 3.63) is 41.7 Å². The van der Waals surface area contributed by atoms with Crippen LogP contribution < -0.4 is 15.4 Å². The van der Waals surface area contributed by atoms with E-state index in [1.807, 2.05) is 24.3 Å². The molecule has 0 spiro atoms. The minimum atomic E-state index is 0. The van der Waals surface area contributed by atoms with Gasteiger partial charge in [0.2, 0.25) is 5.91 Å². The zero-order chi connectivity index (χ0) is 18.5. The van der Waals surface area contributed by atoms with Gasteiger partial charge in [0.05, 0.1) is 17.5 Å². The number of hydrogen-bond acceptors (Lipinski definition) is 4. The van der Waals surface area contributed by atoms with E-state index in [9.17, 15) is 4.79 Å². The number of anilines is 1. The van der Waals surface area contributed by atoms with Gasteiger partial charge in [0.1, 0.15) is 5.75 Å². The number of nitrogens with zero attached hydrogens (tertiary/aromatic N) is 2. The smallest absolute Gasteiger partial charge is 0.224 e. The molecule has 6 nitrogen and oxygen atoms in total. The molecule has 1 fully saturated rings. The lowest BCUT2D eigenvalue weighted by Crippen LogP contribution is -2.14. The van der Waals surface area contributed by atoms with Gasteiger partial charge in [0, 0.05) is 37.7 Å². The number of amides is 1. The van der Waals surface area contributed by atoms with Crippen LogP contribution in [0.5, 0.6) is 5.75 Å². The summed E-state index contributed by atoms with van der Waals surface area (Å²) in [6.45, 7) is 2.83. The van der Waals surface area contributed by atoms with Crippen LogP contribution in [-0.4, -0.2) is 28.3 Å². The summed E-state index contributed by atoms with van der Waals surface area (Å²) >= 11 is 0. The first-order chi connectivity index (χ1) is 13.3. The first-order valence-electron chi connectivity index (χ1n) is 10.1. The Morgan fingerprint density at radius 3 is 2.96 bits per heavy atom. The molecule has 1 aliphatic heterocycles. The predicted octanol–water partition coefficient (Wildman–Crippen LogP) is 3.69. The van der Waals surface area contributed by atoms with Crippen molar-refractivity contribution in [3.8, 4) is 5.75 Å². The summed E-state index contributed by atoms with van der Waals surface area (Å²) in [7, 11) is 0. The first-order valence-corrected chi connectivity index (χ1v) is 10.1. The molecule has 1 aliphatic carbocycles. The third kappa shape index (κ3) is 5.49. The minimum Gasteiger partial charge on any atom is -0.490 e. The summed E-state index contributed by atoms with van der Waals surface area (Å²) in [5.74, 6) is 0.847. The average Bonchev–Trinajstić information content (AvgIpc) is 3.25. The Balaban J connectivity index is 0.00000225. The number of hydrogen-bond donors (Lipinski definition) is 2. The van der Waals surface area contributed by atoms with Crippen LogP contribution in [0.2, 0.25) is 0 Å². The van der Waals surface area contributed by atoms with E-state index in [1.54, 1.807) is 0 Å². The second-order valence-corrected chi connectivity index (χ2v) is 7.48. The highest BCUT2D eigenvalue weighted by Crippen LogP contribution is 2.25.